The average molecular weight is 333 g/mol. The molecule has 1 aliphatic rings. The summed E-state index contributed by atoms with van der Waals surface area (Å²) in [5.41, 5.74) is 6.11. The number of rotatable bonds is 5. The number of likely N-dealkylation sites (N-methyl/N-ethyl adjacent to an activating group) is 1. The van der Waals surface area contributed by atoms with E-state index < -0.39 is 0 Å². The number of thiazole rings is 1. The lowest BCUT2D eigenvalue weighted by Crippen LogP contribution is -2.53. The molecule has 1 saturated carbocycles. The minimum absolute atomic E-state index is 0. The zero-order valence-electron chi connectivity index (χ0n) is 12.7. The molecule has 2 rings (SSSR count). The standard InChI is InChI=1S/C14H24N4OS.ClH/c1-18(2)14(6-4-3-5-7-14)10-16-13(19)11-9-20-12(8-15)17-11;/h9H,3-8,10,15H2,1-2H3,(H,16,19);1H. The molecule has 1 aromatic rings. The molecule has 1 aliphatic carbocycles. The zero-order valence-corrected chi connectivity index (χ0v) is 14.4. The molecule has 5 nitrogen and oxygen atoms in total. The second-order valence-corrected chi connectivity index (χ2v) is 6.64. The Balaban J connectivity index is 0.00000220. The van der Waals surface area contributed by atoms with Crippen molar-refractivity contribution in [2.24, 2.45) is 5.73 Å². The minimum atomic E-state index is -0.0900. The van der Waals surface area contributed by atoms with Crippen molar-refractivity contribution < 1.29 is 4.79 Å². The van der Waals surface area contributed by atoms with E-state index >= 15 is 0 Å². The van der Waals surface area contributed by atoms with Crippen molar-refractivity contribution in [1.82, 2.24) is 15.2 Å². The van der Waals surface area contributed by atoms with Gasteiger partial charge in [-0.2, -0.15) is 0 Å². The van der Waals surface area contributed by atoms with Gasteiger partial charge in [0.2, 0.25) is 0 Å². The van der Waals surface area contributed by atoms with Gasteiger partial charge in [0.15, 0.2) is 0 Å². The lowest BCUT2D eigenvalue weighted by molar-refractivity contribution is 0.0796. The fourth-order valence-corrected chi connectivity index (χ4v) is 3.49. The van der Waals surface area contributed by atoms with Crippen molar-refractivity contribution in [1.29, 1.82) is 0 Å². The van der Waals surface area contributed by atoms with Gasteiger partial charge < -0.3 is 16.0 Å². The summed E-state index contributed by atoms with van der Waals surface area (Å²) >= 11 is 1.44. The molecule has 21 heavy (non-hydrogen) atoms. The largest absolute Gasteiger partial charge is 0.349 e. The topological polar surface area (TPSA) is 71.2 Å². The third kappa shape index (κ3) is 4.39. The zero-order chi connectivity index (χ0) is 14.6. The number of carbonyl (C=O) groups is 1. The molecule has 1 aromatic heterocycles. The van der Waals surface area contributed by atoms with Gasteiger partial charge in [-0.1, -0.05) is 19.3 Å². The quantitative estimate of drug-likeness (QED) is 0.865. The van der Waals surface area contributed by atoms with Crippen LogP contribution >= 0.6 is 23.7 Å². The fourth-order valence-electron chi connectivity index (χ4n) is 2.84. The first-order chi connectivity index (χ1) is 9.57. The molecule has 0 aliphatic heterocycles. The van der Waals surface area contributed by atoms with E-state index in [4.69, 9.17) is 5.73 Å². The number of hydrogen-bond donors (Lipinski definition) is 2. The maximum Gasteiger partial charge on any atom is 0.270 e. The van der Waals surface area contributed by atoms with E-state index in [1.54, 1.807) is 5.38 Å². The van der Waals surface area contributed by atoms with Crippen LogP contribution in [0.25, 0.3) is 0 Å². The van der Waals surface area contributed by atoms with Crippen molar-refractivity contribution >= 4 is 29.7 Å². The number of nitrogens with one attached hydrogen (secondary N) is 1. The van der Waals surface area contributed by atoms with E-state index in [-0.39, 0.29) is 23.9 Å². The highest BCUT2D eigenvalue weighted by Gasteiger charge is 2.34. The first-order valence-corrected chi connectivity index (χ1v) is 8.05. The van der Waals surface area contributed by atoms with Crippen LogP contribution in [-0.2, 0) is 6.54 Å². The summed E-state index contributed by atoms with van der Waals surface area (Å²) in [5, 5.41) is 5.63. The molecule has 0 aromatic carbocycles. The highest BCUT2D eigenvalue weighted by atomic mass is 35.5. The third-order valence-corrected chi connectivity index (χ3v) is 5.14. The van der Waals surface area contributed by atoms with Crippen LogP contribution in [0, 0.1) is 0 Å². The summed E-state index contributed by atoms with van der Waals surface area (Å²) in [6, 6.07) is 0. The van der Waals surface area contributed by atoms with Gasteiger partial charge in [-0.3, -0.25) is 4.79 Å². The maximum atomic E-state index is 12.2. The van der Waals surface area contributed by atoms with Gasteiger partial charge >= 0.3 is 0 Å². The molecule has 120 valence electrons. The number of hydrogen-bond acceptors (Lipinski definition) is 5. The molecule has 7 heteroatoms. The molecular formula is C14H25ClN4OS. The van der Waals surface area contributed by atoms with Crippen LogP contribution in [0.3, 0.4) is 0 Å². The molecule has 0 unspecified atom stereocenters. The highest BCUT2D eigenvalue weighted by Crippen LogP contribution is 2.31. The Morgan fingerprint density at radius 1 is 1.43 bits per heavy atom. The Hall–Kier alpha value is -0.690. The summed E-state index contributed by atoms with van der Waals surface area (Å²) in [6.07, 6.45) is 6.07. The van der Waals surface area contributed by atoms with Gasteiger partial charge in [-0.15, -0.1) is 23.7 Å². The van der Waals surface area contributed by atoms with Crippen molar-refractivity contribution in [2.45, 2.75) is 44.2 Å². The van der Waals surface area contributed by atoms with Crippen LogP contribution in [0.2, 0.25) is 0 Å². The van der Waals surface area contributed by atoms with Gasteiger partial charge in [-0.05, 0) is 26.9 Å². The molecule has 0 saturated heterocycles. The average Bonchev–Trinajstić information content (AvgIpc) is 2.94. The Kier molecular flexibility index (Phi) is 7.06. The molecule has 0 atom stereocenters. The number of nitrogens with zero attached hydrogens (tertiary/aromatic N) is 2. The Labute approximate surface area is 136 Å². The van der Waals surface area contributed by atoms with Crippen molar-refractivity contribution in [3.63, 3.8) is 0 Å². The number of amides is 1. The van der Waals surface area contributed by atoms with E-state index in [1.165, 1.54) is 30.6 Å². The SMILES string of the molecule is CN(C)C1(CNC(=O)c2csc(CN)n2)CCCCC1.Cl. The summed E-state index contributed by atoms with van der Waals surface area (Å²) in [6.45, 7) is 1.08. The minimum Gasteiger partial charge on any atom is -0.349 e. The molecule has 0 radical (unpaired) electrons. The van der Waals surface area contributed by atoms with Gasteiger partial charge in [0.25, 0.3) is 5.91 Å². The lowest BCUT2D eigenvalue weighted by atomic mass is 9.80. The van der Waals surface area contributed by atoms with Gasteiger partial charge in [-0.25, -0.2) is 4.98 Å². The first kappa shape index (κ1) is 18.4. The molecule has 0 spiro atoms. The van der Waals surface area contributed by atoms with E-state index in [0.29, 0.717) is 18.8 Å². The molecule has 1 heterocycles. The van der Waals surface area contributed by atoms with Gasteiger partial charge in [0, 0.05) is 24.0 Å². The number of nitrogens with two attached hydrogens (primary N) is 1. The van der Waals surface area contributed by atoms with Crippen molar-refractivity contribution in [3.05, 3.63) is 16.1 Å². The normalized spacial score (nSPS) is 17.3. The Morgan fingerprint density at radius 2 is 2.10 bits per heavy atom. The monoisotopic (exact) mass is 332 g/mol. The van der Waals surface area contributed by atoms with Crippen LogP contribution < -0.4 is 11.1 Å². The van der Waals surface area contributed by atoms with E-state index in [9.17, 15) is 4.79 Å². The summed E-state index contributed by atoms with van der Waals surface area (Å²) in [4.78, 5) is 18.6. The van der Waals surface area contributed by atoms with E-state index in [2.05, 4.69) is 29.3 Å². The second-order valence-electron chi connectivity index (χ2n) is 5.69. The van der Waals surface area contributed by atoms with Crippen LogP contribution in [0.5, 0.6) is 0 Å². The maximum absolute atomic E-state index is 12.2. The van der Waals surface area contributed by atoms with Crippen LogP contribution in [-0.4, -0.2) is 42.0 Å². The third-order valence-electron chi connectivity index (χ3n) is 4.27. The van der Waals surface area contributed by atoms with Crippen LogP contribution in [0.4, 0.5) is 0 Å². The lowest BCUT2D eigenvalue weighted by Gasteiger charge is -2.43. The molecule has 0 bridgehead atoms. The molecule has 1 amide bonds. The number of aromatic nitrogens is 1. The van der Waals surface area contributed by atoms with Crippen molar-refractivity contribution in [3.8, 4) is 0 Å². The van der Waals surface area contributed by atoms with Crippen LogP contribution in [0.1, 0.15) is 47.6 Å². The molecule has 1 fully saturated rings. The van der Waals surface area contributed by atoms with Gasteiger partial charge in [0.1, 0.15) is 10.7 Å². The van der Waals surface area contributed by atoms with E-state index in [0.717, 1.165) is 17.8 Å². The second kappa shape index (κ2) is 8.08. The number of halogens is 1. The fraction of sp³-hybridized carbons (Fsp3) is 0.714. The Bertz CT molecular complexity index is 458. The summed E-state index contributed by atoms with van der Waals surface area (Å²) in [7, 11) is 4.21. The molecule has 3 N–H and O–H groups in total. The van der Waals surface area contributed by atoms with Gasteiger partial charge in [0.05, 0.1) is 0 Å². The predicted molar refractivity (Wildman–Crippen MR) is 89.1 cm³/mol. The van der Waals surface area contributed by atoms with E-state index in [1.807, 2.05) is 0 Å². The van der Waals surface area contributed by atoms with Crippen LogP contribution in [0.15, 0.2) is 5.38 Å². The van der Waals surface area contributed by atoms with Crippen molar-refractivity contribution in [2.75, 3.05) is 20.6 Å². The predicted octanol–water partition coefficient (Wildman–Crippen LogP) is 2.02. The summed E-state index contributed by atoms with van der Waals surface area (Å²) < 4.78 is 0. The number of carbonyl (C=O) groups excluding carboxylic acids is 1. The summed E-state index contributed by atoms with van der Waals surface area (Å²) in [5.74, 6) is -0.0900. The Morgan fingerprint density at radius 3 is 2.62 bits per heavy atom. The smallest absolute Gasteiger partial charge is 0.270 e. The first-order valence-electron chi connectivity index (χ1n) is 7.17. The molecular weight excluding hydrogens is 308 g/mol. The highest BCUT2D eigenvalue weighted by molar-refractivity contribution is 7.09.